The van der Waals surface area contributed by atoms with Crippen LogP contribution in [0.15, 0.2) is 60.7 Å². The summed E-state index contributed by atoms with van der Waals surface area (Å²) in [5, 5.41) is 9.57. The number of carboxylic acid groups (broad SMARTS) is 1. The molecule has 1 heterocycles. The van der Waals surface area contributed by atoms with E-state index in [1.807, 2.05) is 0 Å². The summed E-state index contributed by atoms with van der Waals surface area (Å²) in [7, 11) is 0. The van der Waals surface area contributed by atoms with Gasteiger partial charge in [-0.15, -0.1) is 11.3 Å². The Morgan fingerprint density at radius 2 is 1.63 bits per heavy atom. The Morgan fingerprint density at radius 3 is 2.22 bits per heavy atom. The normalized spacial score (nSPS) is 11.8. The van der Waals surface area contributed by atoms with Crippen molar-refractivity contribution in [2.24, 2.45) is 0 Å². The van der Waals surface area contributed by atoms with Gasteiger partial charge in [-0.25, -0.2) is 13.3 Å². The van der Waals surface area contributed by atoms with E-state index in [0.29, 0.717) is 16.8 Å². The zero-order valence-electron chi connectivity index (χ0n) is 14.2. The van der Waals surface area contributed by atoms with Gasteiger partial charge in [0, 0.05) is 5.56 Å². The van der Waals surface area contributed by atoms with Gasteiger partial charge in [0.1, 0.15) is 4.88 Å². The zero-order chi connectivity index (χ0) is 19.6. The summed E-state index contributed by atoms with van der Waals surface area (Å²) in [6.45, 7) is 1.75. The molecule has 3 aromatic rings. The van der Waals surface area contributed by atoms with Crippen molar-refractivity contribution in [3.8, 4) is 0 Å². The molecule has 2 N–H and O–H groups in total. The van der Waals surface area contributed by atoms with Gasteiger partial charge in [-0.3, -0.25) is 9.35 Å². The molecule has 1 atom stereocenters. The molecule has 27 heavy (non-hydrogen) atoms. The molecule has 0 spiro atoms. The summed E-state index contributed by atoms with van der Waals surface area (Å²) < 4.78 is 22.9. The number of carboxylic acids is 1. The Bertz CT molecular complexity index is 1030. The van der Waals surface area contributed by atoms with Crippen LogP contribution in [0.2, 0.25) is 0 Å². The lowest BCUT2D eigenvalue weighted by molar-refractivity contribution is 0.0703. The lowest BCUT2D eigenvalue weighted by atomic mass is 10.1. The molecule has 0 fully saturated rings. The standard InChI is InChI=1S/C19H15NO5S2/c1-12-7-5-6-10-14(12)20(27(24)25)15-11-16(26-18(15)19(22)23)17(21)13-8-3-2-4-9-13/h2-11H,1H3,(H,22,23)(H,24,25). The largest absolute Gasteiger partial charge is 0.477 e. The van der Waals surface area contributed by atoms with Crippen LogP contribution in [0.25, 0.3) is 0 Å². The van der Waals surface area contributed by atoms with Gasteiger partial charge in [0.05, 0.1) is 16.3 Å². The molecule has 0 amide bonds. The number of para-hydroxylation sites is 1. The molecule has 0 bridgehead atoms. The monoisotopic (exact) mass is 401 g/mol. The fourth-order valence-electron chi connectivity index (χ4n) is 2.62. The van der Waals surface area contributed by atoms with Crippen LogP contribution in [0.1, 0.15) is 30.5 Å². The molecule has 3 rings (SSSR count). The van der Waals surface area contributed by atoms with E-state index in [1.54, 1.807) is 61.5 Å². The first-order chi connectivity index (χ1) is 12.9. The van der Waals surface area contributed by atoms with Gasteiger partial charge in [-0.2, -0.15) is 0 Å². The van der Waals surface area contributed by atoms with Crippen molar-refractivity contribution in [1.29, 1.82) is 0 Å². The van der Waals surface area contributed by atoms with Crippen LogP contribution < -0.4 is 4.31 Å². The van der Waals surface area contributed by atoms with Gasteiger partial charge in [-0.1, -0.05) is 48.5 Å². The molecule has 0 saturated heterocycles. The van der Waals surface area contributed by atoms with E-state index in [-0.39, 0.29) is 21.2 Å². The van der Waals surface area contributed by atoms with E-state index < -0.39 is 17.2 Å². The highest BCUT2D eigenvalue weighted by atomic mass is 32.2. The highest BCUT2D eigenvalue weighted by Gasteiger charge is 2.28. The van der Waals surface area contributed by atoms with Crippen molar-refractivity contribution in [2.75, 3.05) is 4.31 Å². The van der Waals surface area contributed by atoms with Crippen LogP contribution in [0.3, 0.4) is 0 Å². The zero-order valence-corrected chi connectivity index (χ0v) is 15.8. The van der Waals surface area contributed by atoms with Crippen molar-refractivity contribution in [3.05, 3.63) is 81.5 Å². The molecule has 0 aliphatic rings. The van der Waals surface area contributed by atoms with Crippen LogP contribution in [-0.4, -0.2) is 25.6 Å². The molecule has 6 nitrogen and oxygen atoms in total. The number of hydrogen-bond acceptors (Lipinski definition) is 4. The third-order valence-corrected chi connectivity index (χ3v) is 5.69. The van der Waals surface area contributed by atoms with E-state index in [2.05, 4.69) is 0 Å². The van der Waals surface area contributed by atoms with Crippen LogP contribution in [0, 0.1) is 6.92 Å². The number of carbonyl (C=O) groups excluding carboxylic acids is 1. The number of benzene rings is 2. The SMILES string of the molecule is Cc1ccccc1N(c1cc(C(=O)c2ccccc2)sc1C(=O)O)S(=O)O. The van der Waals surface area contributed by atoms with Gasteiger partial charge < -0.3 is 5.11 Å². The highest BCUT2D eigenvalue weighted by molar-refractivity contribution is 7.81. The molecule has 0 saturated carbocycles. The third-order valence-electron chi connectivity index (χ3n) is 3.88. The molecule has 0 aliphatic carbocycles. The predicted octanol–water partition coefficient (Wildman–Crippen LogP) is 4.26. The summed E-state index contributed by atoms with van der Waals surface area (Å²) in [6, 6.07) is 16.6. The van der Waals surface area contributed by atoms with E-state index in [4.69, 9.17) is 0 Å². The fourth-order valence-corrected chi connectivity index (χ4v) is 4.30. The lowest BCUT2D eigenvalue weighted by Gasteiger charge is -2.21. The Labute approximate surface area is 162 Å². The molecular weight excluding hydrogens is 386 g/mol. The second-order valence-corrected chi connectivity index (χ2v) is 7.52. The first-order valence-electron chi connectivity index (χ1n) is 7.83. The summed E-state index contributed by atoms with van der Waals surface area (Å²) in [6.07, 6.45) is 0. The Morgan fingerprint density at radius 1 is 1.00 bits per heavy atom. The number of nitrogens with zero attached hydrogens (tertiary/aromatic N) is 1. The first-order valence-corrected chi connectivity index (χ1v) is 9.71. The maximum absolute atomic E-state index is 12.7. The topological polar surface area (TPSA) is 94.9 Å². The van der Waals surface area contributed by atoms with Crippen molar-refractivity contribution in [1.82, 2.24) is 0 Å². The molecule has 2 aromatic carbocycles. The van der Waals surface area contributed by atoms with Crippen molar-refractivity contribution < 1.29 is 23.5 Å². The van der Waals surface area contributed by atoms with Gasteiger partial charge in [-0.05, 0) is 24.6 Å². The third kappa shape index (κ3) is 3.82. The predicted molar refractivity (Wildman–Crippen MR) is 105 cm³/mol. The van der Waals surface area contributed by atoms with Gasteiger partial charge >= 0.3 is 5.97 Å². The minimum atomic E-state index is -2.52. The maximum Gasteiger partial charge on any atom is 0.348 e. The number of carbonyl (C=O) groups is 2. The van der Waals surface area contributed by atoms with Crippen molar-refractivity contribution >= 4 is 45.7 Å². The highest BCUT2D eigenvalue weighted by Crippen LogP contribution is 2.38. The number of rotatable bonds is 6. The molecule has 138 valence electrons. The van der Waals surface area contributed by atoms with Crippen LogP contribution in [-0.2, 0) is 11.3 Å². The summed E-state index contributed by atoms with van der Waals surface area (Å²) in [5.74, 6) is -1.62. The van der Waals surface area contributed by atoms with Gasteiger partial charge in [0.15, 0.2) is 0 Å². The molecule has 0 radical (unpaired) electrons. The van der Waals surface area contributed by atoms with Gasteiger partial charge in [0.25, 0.3) is 11.3 Å². The Hall–Kier alpha value is -2.81. The fraction of sp³-hybridized carbons (Fsp3) is 0.0526. The number of aromatic carboxylic acids is 1. The Kier molecular flexibility index (Phi) is 5.50. The number of ketones is 1. The Balaban J connectivity index is 2.15. The lowest BCUT2D eigenvalue weighted by Crippen LogP contribution is -2.21. The molecule has 0 aliphatic heterocycles. The minimum absolute atomic E-state index is 0.00177. The molecular formula is C19H15NO5S2. The summed E-state index contributed by atoms with van der Waals surface area (Å²) in [4.78, 5) is 24.4. The smallest absolute Gasteiger partial charge is 0.348 e. The molecule has 1 aromatic heterocycles. The minimum Gasteiger partial charge on any atom is -0.477 e. The average molecular weight is 401 g/mol. The van der Waals surface area contributed by atoms with Gasteiger partial charge in [0.2, 0.25) is 5.78 Å². The van der Waals surface area contributed by atoms with E-state index >= 15 is 0 Å². The number of aryl methyl sites for hydroxylation is 1. The maximum atomic E-state index is 12.7. The number of anilines is 2. The van der Waals surface area contributed by atoms with E-state index in [1.165, 1.54) is 6.07 Å². The quantitative estimate of drug-likeness (QED) is 0.475. The van der Waals surface area contributed by atoms with Crippen LogP contribution in [0.4, 0.5) is 11.4 Å². The second-order valence-electron chi connectivity index (χ2n) is 5.64. The average Bonchev–Trinajstić information content (AvgIpc) is 3.08. The number of hydrogen-bond donors (Lipinski definition) is 2. The van der Waals surface area contributed by atoms with Crippen molar-refractivity contribution in [3.63, 3.8) is 0 Å². The van der Waals surface area contributed by atoms with E-state index in [9.17, 15) is 23.5 Å². The second kappa shape index (κ2) is 7.83. The summed E-state index contributed by atoms with van der Waals surface area (Å²) in [5.41, 5.74) is 1.49. The molecule has 8 heteroatoms. The van der Waals surface area contributed by atoms with Crippen LogP contribution in [0.5, 0.6) is 0 Å². The molecule has 1 unspecified atom stereocenters. The van der Waals surface area contributed by atoms with E-state index in [0.717, 1.165) is 15.6 Å². The van der Waals surface area contributed by atoms with Crippen LogP contribution >= 0.6 is 11.3 Å². The first kappa shape index (κ1) is 19.0. The number of thiophene rings is 1. The van der Waals surface area contributed by atoms with Crippen molar-refractivity contribution in [2.45, 2.75) is 6.92 Å². The summed E-state index contributed by atoms with van der Waals surface area (Å²) >= 11 is -1.74.